The Bertz CT molecular complexity index is 248. The predicted octanol–water partition coefficient (Wildman–Crippen LogP) is -0.764. The van der Waals surface area contributed by atoms with E-state index in [1.165, 1.54) is 0 Å². The maximum Gasteiger partial charge on any atom is 0.449 e. The molecule has 0 heterocycles. The van der Waals surface area contributed by atoms with E-state index >= 15 is 0 Å². The highest BCUT2D eigenvalue weighted by atomic mass is 19.4. The first-order chi connectivity index (χ1) is 6.82. The van der Waals surface area contributed by atoms with Crippen molar-refractivity contribution < 1.29 is 13.2 Å². The van der Waals surface area contributed by atoms with Crippen LogP contribution in [0.3, 0.4) is 0 Å². The van der Waals surface area contributed by atoms with E-state index in [4.69, 9.17) is 17.0 Å². The summed E-state index contributed by atoms with van der Waals surface area (Å²) in [5.74, 6) is 3.33. The van der Waals surface area contributed by atoms with E-state index in [0.717, 1.165) is 12.1 Å². The number of nitrogens with zero attached hydrogens (tertiary/aromatic N) is 2. The lowest BCUT2D eigenvalue weighted by molar-refractivity contribution is -0.0611. The minimum atomic E-state index is -4.63. The highest BCUT2D eigenvalue weighted by molar-refractivity contribution is 6.01. The van der Waals surface area contributed by atoms with E-state index in [1.54, 1.807) is 5.32 Å². The van der Waals surface area contributed by atoms with Crippen molar-refractivity contribution in [3.05, 3.63) is 0 Å². The number of halogens is 3. The molecular formula is C6H13F3N6. The van der Waals surface area contributed by atoms with Crippen LogP contribution in [-0.2, 0) is 0 Å². The number of hydrogen-bond donors (Lipinski definition) is 4. The quantitative estimate of drug-likeness (QED) is 0.215. The minimum Gasteiger partial charge on any atom is -0.329 e. The lowest BCUT2D eigenvalue weighted by Gasteiger charge is -2.20. The molecule has 0 aromatic carbocycles. The molecule has 0 aliphatic rings. The molecule has 0 rings (SSSR count). The highest BCUT2D eigenvalue weighted by Crippen LogP contribution is 2.15. The van der Waals surface area contributed by atoms with Gasteiger partial charge in [0, 0.05) is 20.1 Å². The standard InChI is InChI=1S/C6H13F3N6/c1-13-4(6(7,8)9)14-5(11)15(12)3-2-10/h2-3,10,12H2,1H3,(H2,11,13,14). The van der Waals surface area contributed by atoms with E-state index in [2.05, 4.69) is 4.99 Å². The van der Waals surface area contributed by atoms with Gasteiger partial charge in [-0.2, -0.15) is 13.2 Å². The van der Waals surface area contributed by atoms with Gasteiger partial charge in [-0.1, -0.05) is 0 Å². The molecule has 6 N–H and O–H groups in total. The van der Waals surface area contributed by atoms with Crippen molar-refractivity contribution in [3.8, 4) is 0 Å². The van der Waals surface area contributed by atoms with Crippen LogP contribution >= 0.6 is 0 Å². The van der Waals surface area contributed by atoms with Gasteiger partial charge in [-0.25, -0.2) is 5.84 Å². The van der Waals surface area contributed by atoms with Gasteiger partial charge in [-0.3, -0.25) is 15.4 Å². The summed E-state index contributed by atoms with van der Waals surface area (Å²) in [4.78, 5) is 2.97. The fourth-order valence-corrected chi connectivity index (χ4v) is 0.688. The van der Waals surface area contributed by atoms with Gasteiger partial charge in [-0.15, -0.1) is 0 Å². The summed E-state index contributed by atoms with van der Waals surface area (Å²) in [5, 5.41) is 9.67. The Morgan fingerprint density at radius 2 is 2.07 bits per heavy atom. The number of nitrogens with two attached hydrogens (primary N) is 2. The number of alkyl halides is 3. The summed E-state index contributed by atoms with van der Waals surface area (Å²) in [7, 11) is 0.965. The third kappa shape index (κ3) is 4.61. The van der Waals surface area contributed by atoms with Crippen LogP contribution in [0.2, 0.25) is 0 Å². The largest absolute Gasteiger partial charge is 0.449 e. The Kier molecular flexibility index (Phi) is 5.02. The van der Waals surface area contributed by atoms with Crippen molar-refractivity contribution in [2.45, 2.75) is 6.18 Å². The average molecular weight is 226 g/mol. The summed E-state index contributed by atoms with van der Waals surface area (Å²) in [5.41, 5.74) is 5.12. The van der Waals surface area contributed by atoms with Gasteiger partial charge in [-0.05, 0) is 0 Å². The maximum atomic E-state index is 12.2. The molecule has 0 fully saturated rings. The molecule has 0 atom stereocenters. The molecule has 0 unspecified atom stereocenters. The second-order valence-corrected chi connectivity index (χ2v) is 2.53. The van der Waals surface area contributed by atoms with Crippen LogP contribution in [0.15, 0.2) is 4.99 Å². The van der Waals surface area contributed by atoms with Crippen LogP contribution in [0.4, 0.5) is 13.2 Å². The number of rotatable bonds is 2. The molecule has 9 heteroatoms. The first-order valence-electron chi connectivity index (χ1n) is 3.94. The van der Waals surface area contributed by atoms with Crippen molar-refractivity contribution in [3.63, 3.8) is 0 Å². The second kappa shape index (κ2) is 5.51. The summed E-state index contributed by atoms with van der Waals surface area (Å²) >= 11 is 0. The molecule has 0 radical (unpaired) electrons. The van der Waals surface area contributed by atoms with Crippen molar-refractivity contribution in [1.82, 2.24) is 10.3 Å². The molecular weight excluding hydrogens is 213 g/mol. The SMILES string of the molecule is CN=C(NC(=N)N(N)CCN)C(F)(F)F. The van der Waals surface area contributed by atoms with Crippen molar-refractivity contribution in [1.29, 1.82) is 5.41 Å². The van der Waals surface area contributed by atoms with Gasteiger partial charge >= 0.3 is 6.18 Å². The zero-order chi connectivity index (χ0) is 12.1. The fraction of sp³-hybridized carbons (Fsp3) is 0.667. The number of guanidine groups is 1. The first kappa shape index (κ1) is 13.7. The van der Waals surface area contributed by atoms with Gasteiger partial charge in [0.05, 0.1) is 0 Å². The van der Waals surface area contributed by atoms with Gasteiger partial charge < -0.3 is 11.1 Å². The van der Waals surface area contributed by atoms with Gasteiger partial charge in [0.2, 0.25) is 11.8 Å². The van der Waals surface area contributed by atoms with Crippen LogP contribution < -0.4 is 16.9 Å². The smallest absolute Gasteiger partial charge is 0.329 e. The molecule has 0 aromatic rings. The number of amidine groups is 1. The topological polar surface area (TPSA) is 104 Å². The van der Waals surface area contributed by atoms with Crippen LogP contribution in [0, 0.1) is 5.41 Å². The van der Waals surface area contributed by atoms with Crippen LogP contribution in [0.5, 0.6) is 0 Å². The summed E-state index contributed by atoms with van der Waals surface area (Å²) in [6, 6.07) is 0. The Morgan fingerprint density at radius 3 is 2.40 bits per heavy atom. The lowest BCUT2D eigenvalue weighted by atomic mass is 10.5. The molecule has 0 amide bonds. The van der Waals surface area contributed by atoms with Crippen LogP contribution in [0.1, 0.15) is 0 Å². The average Bonchev–Trinajstić information content (AvgIpc) is 2.12. The summed E-state index contributed by atoms with van der Waals surface area (Å²) in [6.07, 6.45) is -4.63. The van der Waals surface area contributed by atoms with Gasteiger partial charge in [0.25, 0.3) is 0 Å². The molecule has 88 valence electrons. The molecule has 0 bridgehead atoms. The second-order valence-electron chi connectivity index (χ2n) is 2.53. The van der Waals surface area contributed by atoms with Crippen molar-refractivity contribution in [2.24, 2.45) is 16.6 Å². The molecule has 15 heavy (non-hydrogen) atoms. The zero-order valence-electron chi connectivity index (χ0n) is 8.10. The molecule has 0 saturated heterocycles. The monoisotopic (exact) mass is 226 g/mol. The first-order valence-corrected chi connectivity index (χ1v) is 3.94. The van der Waals surface area contributed by atoms with E-state index in [1.807, 2.05) is 0 Å². The third-order valence-corrected chi connectivity index (χ3v) is 1.39. The molecule has 6 nitrogen and oxygen atoms in total. The van der Waals surface area contributed by atoms with Gasteiger partial charge in [0.1, 0.15) is 0 Å². The maximum absolute atomic E-state index is 12.2. The van der Waals surface area contributed by atoms with Crippen LogP contribution in [-0.4, -0.2) is 43.1 Å². The lowest BCUT2D eigenvalue weighted by Crippen LogP contribution is -2.52. The van der Waals surface area contributed by atoms with E-state index in [0.29, 0.717) is 0 Å². The highest BCUT2D eigenvalue weighted by Gasteiger charge is 2.36. The third-order valence-electron chi connectivity index (χ3n) is 1.39. The van der Waals surface area contributed by atoms with Crippen LogP contribution in [0.25, 0.3) is 0 Å². The Balaban J connectivity index is 4.40. The Labute approximate surface area is 84.6 Å². The summed E-state index contributed by atoms with van der Waals surface area (Å²) < 4.78 is 36.5. The molecule has 0 aliphatic carbocycles. The zero-order valence-corrected chi connectivity index (χ0v) is 8.10. The number of hydrogen-bond acceptors (Lipinski definition) is 4. The summed E-state index contributed by atoms with van der Waals surface area (Å²) in [6.45, 7) is 0.200. The number of aliphatic imine (C=N–C) groups is 1. The normalized spacial score (nSPS) is 12.5. The fourth-order valence-electron chi connectivity index (χ4n) is 0.688. The van der Waals surface area contributed by atoms with E-state index in [9.17, 15) is 13.2 Å². The Morgan fingerprint density at radius 1 is 1.53 bits per heavy atom. The molecule has 0 aliphatic heterocycles. The number of nitrogens with one attached hydrogen (secondary N) is 2. The Hall–Kier alpha value is -1.35. The molecule has 0 saturated carbocycles. The minimum absolute atomic E-state index is 0.0701. The number of hydrazine groups is 1. The predicted molar refractivity (Wildman–Crippen MR) is 50.2 cm³/mol. The molecule has 0 aromatic heterocycles. The van der Waals surface area contributed by atoms with Crippen molar-refractivity contribution >= 4 is 11.8 Å². The van der Waals surface area contributed by atoms with E-state index < -0.39 is 18.0 Å². The van der Waals surface area contributed by atoms with Crippen molar-refractivity contribution in [2.75, 3.05) is 20.1 Å². The van der Waals surface area contributed by atoms with Gasteiger partial charge in [0.15, 0.2) is 0 Å². The van der Waals surface area contributed by atoms with E-state index in [-0.39, 0.29) is 13.1 Å². The molecule has 0 spiro atoms.